The number of ether oxygens (including phenoxy) is 1. The molecule has 112 valence electrons. The third kappa shape index (κ3) is 4.91. The Kier molecular flexibility index (Phi) is 6.29. The Morgan fingerprint density at radius 3 is 2.52 bits per heavy atom. The van der Waals surface area contributed by atoms with Gasteiger partial charge < -0.3 is 10.1 Å². The fourth-order valence-corrected chi connectivity index (χ4v) is 2.46. The second-order valence-electron chi connectivity index (χ2n) is 5.20. The van der Waals surface area contributed by atoms with E-state index >= 15 is 0 Å². The van der Waals surface area contributed by atoms with Gasteiger partial charge in [0.2, 0.25) is 0 Å². The molecule has 0 spiro atoms. The van der Waals surface area contributed by atoms with Crippen molar-refractivity contribution >= 4 is 0 Å². The molecule has 0 bridgehead atoms. The van der Waals surface area contributed by atoms with Gasteiger partial charge in [-0.25, -0.2) is 0 Å². The van der Waals surface area contributed by atoms with Crippen LogP contribution in [0, 0.1) is 0 Å². The molecular weight excluding hydrogens is 258 g/mol. The van der Waals surface area contributed by atoms with Gasteiger partial charge in [0.25, 0.3) is 0 Å². The van der Waals surface area contributed by atoms with E-state index in [0.29, 0.717) is 12.6 Å². The van der Waals surface area contributed by atoms with Crippen molar-refractivity contribution in [3.8, 4) is 5.75 Å². The summed E-state index contributed by atoms with van der Waals surface area (Å²) in [4.78, 5) is 0. The summed E-state index contributed by atoms with van der Waals surface area (Å²) in [5, 5.41) is 3.65. The smallest absolute Gasteiger partial charge is 0.119 e. The molecule has 0 aliphatic carbocycles. The highest BCUT2D eigenvalue weighted by atomic mass is 16.5. The summed E-state index contributed by atoms with van der Waals surface area (Å²) < 4.78 is 5.62. The summed E-state index contributed by atoms with van der Waals surface area (Å²) in [6.45, 7) is 5.94. The lowest BCUT2D eigenvalue weighted by Crippen LogP contribution is -2.24. The van der Waals surface area contributed by atoms with Gasteiger partial charge in [-0.1, -0.05) is 49.4 Å². The largest absolute Gasteiger partial charge is 0.494 e. The summed E-state index contributed by atoms with van der Waals surface area (Å²) >= 11 is 0. The first-order valence-electron chi connectivity index (χ1n) is 7.83. The highest BCUT2D eigenvalue weighted by Gasteiger charge is 2.12. The van der Waals surface area contributed by atoms with Crippen LogP contribution in [0.5, 0.6) is 5.75 Å². The van der Waals surface area contributed by atoms with Gasteiger partial charge in [-0.15, -0.1) is 0 Å². The zero-order chi connectivity index (χ0) is 14.9. The maximum Gasteiger partial charge on any atom is 0.119 e. The molecule has 0 radical (unpaired) electrons. The van der Waals surface area contributed by atoms with Crippen molar-refractivity contribution in [2.45, 2.75) is 32.7 Å². The molecule has 2 rings (SSSR count). The molecule has 0 saturated carbocycles. The van der Waals surface area contributed by atoms with Crippen molar-refractivity contribution in [1.82, 2.24) is 5.32 Å². The van der Waals surface area contributed by atoms with E-state index in [1.165, 1.54) is 11.1 Å². The Morgan fingerprint density at radius 2 is 1.81 bits per heavy atom. The monoisotopic (exact) mass is 283 g/mol. The van der Waals surface area contributed by atoms with Gasteiger partial charge in [-0.3, -0.25) is 0 Å². The SMILES string of the molecule is CCCNC(Cc1ccccc1)c1cccc(OCC)c1. The maximum atomic E-state index is 5.62. The lowest BCUT2D eigenvalue weighted by Gasteiger charge is -2.20. The van der Waals surface area contributed by atoms with Gasteiger partial charge in [0.15, 0.2) is 0 Å². The van der Waals surface area contributed by atoms with Crippen LogP contribution < -0.4 is 10.1 Å². The molecular formula is C19H25NO. The number of nitrogens with one attached hydrogen (secondary N) is 1. The van der Waals surface area contributed by atoms with Crippen LogP contribution in [0.15, 0.2) is 54.6 Å². The van der Waals surface area contributed by atoms with Crippen LogP contribution in [-0.4, -0.2) is 13.2 Å². The Hall–Kier alpha value is -1.80. The summed E-state index contributed by atoms with van der Waals surface area (Å²) in [5.41, 5.74) is 2.64. The van der Waals surface area contributed by atoms with Crippen molar-refractivity contribution in [3.05, 3.63) is 65.7 Å². The normalized spacial score (nSPS) is 12.1. The molecule has 0 aliphatic rings. The first-order valence-corrected chi connectivity index (χ1v) is 7.83. The predicted octanol–water partition coefficient (Wildman–Crippen LogP) is 4.37. The van der Waals surface area contributed by atoms with Crippen LogP contribution in [-0.2, 0) is 6.42 Å². The van der Waals surface area contributed by atoms with Crippen molar-refractivity contribution < 1.29 is 4.74 Å². The average molecular weight is 283 g/mol. The van der Waals surface area contributed by atoms with Crippen LogP contribution in [0.4, 0.5) is 0 Å². The minimum absolute atomic E-state index is 0.327. The van der Waals surface area contributed by atoms with E-state index in [9.17, 15) is 0 Å². The lowest BCUT2D eigenvalue weighted by atomic mass is 9.98. The minimum Gasteiger partial charge on any atom is -0.494 e. The molecule has 0 amide bonds. The summed E-state index contributed by atoms with van der Waals surface area (Å²) in [6.07, 6.45) is 2.13. The quantitative estimate of drug-likeness (QED) is 0.777. The van der Waals surface area contributed by atoms with Crippen molar-refractivity contribution in [2.24, 2.45) is 0 Å². The first-order chi connectivity index (χ1) is 10.3. The standard InChI is InChI=1S/C19H25NO/c1-3-13-20-19(14-16-9-6-5-7-10-16)17-11-8-12-18(15-17)21-4-2/h5-12,15,19-20H,3-4,13-14H2,1-2H3. The molecule has 0 aliphatic heterocycles. The van der Waals surface area contributed by atoms with E-state index in [4.69, 9.17) is 4.74 Å². The second-order valence-corrected chi connectivity index (χ2v) is 5.20. The van der Waals surface area contributed by atoms with Crippen LogP contribution in [0.25, 0.3) is 0 Å². The van der Waals surface area contributed by atoms with Crippen LogP contribution in [0.1, 0.15) is 37.4 Å². The molecule has 2 nitrogen and oxygen atoms in total. The predicted molar refractivity (Wildman–Crippen MR) is 88.8 cm³/mol. The van der Waals surface area contributed by atoms with Crippen molar-refractivity contribution in [1.29, 1.82) is 0 Å². The lowest BCUT2D eigenvalue weighted by molar-refractivity contribution is 0.339. The van der Waals surface area contributed by atoms with E-state index in [2.05, 4.69) is 60.8 Å². The molecule has 21 heavy (non-hydrogen) atoms. The average Bonchev–Trinajstić information content (AvgIpc) is 2.53. The van der Waals surface area contributed by atoms with Gasteiger partial charge in [-0.2, -0.15) is 0 Å². The molecule has 0 fully saturated rings. The minimum atomic E-state index is 0.327. The third-order valence-corrected chi connectivity index (χ3v) is 3.49. The van der Waals surface area contributed by atoms with Gasteiger partial charge in [0.05, 0.1) is 6.61 Å². The fourth-order valence-electron chi connectivity index (χ4n) is 2.46. The molecule has 1 unspecified atom stereocenters. The molecule has 2 aromatic carbocycles. The Morgan fingerprint density at radius 1 is 1.00 bits per heavy atom. The Balaban J connectivity index is 2.16. The zero-order valence-corrected chi connectivity index (χ0v) is 13.0. The third-order valence-electron chi connectivity index (χ3n) is 3.49. The van der Waals surface area contributed by atoms with Crippen molar-refractivity contribution in [3.63, 3.8) is 0 Å². The van der Waals surface area contributed by atoms with Crippen LogP contribution >= 0.6 is 0 Å². The Bertz CT molecular complexity index is 524. The molecule has 1 atom stereocenters. The highest BCUT2D eigenvalue weighted by Crippen LogP contribution is 2.22. The van der Waals surface area contributed by atoms with Gasteiger partial charge in [0.1, 0.15) is 5.75 Å². The van der Waals surface area contributed by atoms with E-state index in [1.54, 1.807) is 0 Å². The fraction of sp³-hybridized carbons (Fsp3) is 0.368. The van der Waals surface area contributed by atoms with E-state index in [-0.39, 0.29) is 0 Å². The van der Waals surface area contributed by atoms with Gasteiger partial charge in [0, 0.05) is 6.04 Å². The molecule has 0 heterocycles. The highest BCUT2D eigenvalue weighted by molar-refractivity contribution is 5.32. The molecule has 0 saturated heterocycles. The first kappa shape index (κ1) is 15.6. The van der Waals surface area contributed by atoms with E-state index < -0.39 is 0 Å². The number of hydrogen-bond donors (Lipinski definition) is 1. The Labute approximate surface area is 128 Å². The summed E-state index contributed by atoms with van der Waals surface area (Å²) in [6, 6.07) is 19.4. The van der Waals surface area contributed by atoms with Gasteiger partial charge in [-0.05, 0) is 49.6 Å². The maximum absolute atomic E-state index is 5.62. The molecule has 2 aromatic rings. The van der Waals surface area contributed by atoms with Crippen LogP contribution in [0.3, 0.4) is 0 Å². The van der Waals surface area contributed by atoms with E-state index in [0.717, 1.165) is 25.1 Å². The summed E-state index contributed by atoms with van der Waals surface area (Å²) in [5.74, 6) is 0.950. The van der Waals surface area contributed by atoms with Crippen molar-refractivity contribution in [2.75, 3.05) is 13.2 Å². The van der Waals surface area contributed by atoms with Crippen LogP contribution in [0.2, 0.25) is 0 Å². The molecule has 2 heteroatoms. The number of benzene rings is 2. The molecule has 1 N–H and O–H groups in total. The topological polar surface area (TPSA) is 21.3 Å². The van der Waals surface area contributed by atoms with E-state index in [1.807, 2.05) is 13.0 Å². The number of hydrogen-bond acceptors (Lipinski definition) is 2. The zero-order valence-electron chi connectivity index (χ0n) is 13.0. The summed E-state index contributed by atoms with van der Waals surface area (Å²) in [7, 11) is 0. The second kappa shape index (κ2) is 8.48. The number of rotatable bonds is 8. The molecule has 0 aromatic heterocycles. The van der Waals surface area contributed by atoms with Gasteiger partial charge >= 0.3 is 0 Å².